The van der Waals surface area contributed by atoms with Crippen molar-refractivity contribution in [3.63, 3.8) is 0 Å². The first-order valence-electron chi connectivity index (χ1n) is 11.3. The number of halogens is 1. The Morgan fingerprint density at radius 3 is 2.67 bits per heavy atom. The Morgan fingerprint density at radius 2 is 1.97 bits per heavy atom. The van der Waals surface area contributed by atoms with E-state index in [0.717, 1.165) is 10.0 Å². The number of imidazole rings is 1. The van der Waals surface area contributed by atoms with Crippen LogP contribution in [0.1, 0.15) is 30.6 Å². The molecule has 3 aromatic heterocycles. The number of aryl methyl sites for hydroxylation is 1. The number of aliphatic hydroxyl groups is 3. The van der Waals surface area contributed by atoms with Crippen molar-refractivity contribution >= 4 is 38.9 Å². The van der Waals surface area contributed by atoms with Crippen LogP contribution in [-0.2, 0) is 17.7 Å². The van der Waals surface area contributed by atoms with E-state index in [1.165, 1.54) is 15.7 Å². The number of rotatable bonds is 8. The fourth-order valence-corrected chi connectivity index (χ4v) is 4.31. The zero-order chi connectivity index (χ0) is 25.4. The van der Waals surface area contributed by atoms with Crippen LogP contribution in [0.15, 0.2) is 35.1 Å². The molecule has 1 aliphatic heterocycles. The third kappa shape index (κ3) is 4.62. The molecule has 0 spiro atoms. The van der Waals surface area contributed by atoms with E-state index in [9.17, 15) is 15.3 Å². The molecule has 6 N–H and O–H groups in total. The summed E-state index contributed by atoms with van der Waals surface area (Å²) in [6.07, 6.45) is -2.73. The number of ether oxygens (including phenoxy) is 1. The molecule has 4 aromatic rings. The Morgan fingerprint density at radius 1 is 1.19 bits per heavy atom. The van der Waals surface area contributed by atoms with Crippen molar-refractivity contribution in [2.24, 2.45) is 0 Å². The lowest BCUT2D eigenvalue weighted by Gasteiger charge is -2.18. The molecule has 0 bridgehead atoms. The van der Waals surface area contributed by atoms with E-state index in [0.29, 0.717) is 18.5 Å². The molecular weight excluding hydrogens is 536 g/mol. The summed E-state index contributed by atoms with van der Waals surface area (Å²) in [5.74, 6) is 0.444. The second-order valence-electron chi connectivity index (χ2n) is 8.38. The van der Waals surface area contributed by atoms with E-state index in [4.69, 9.17) is 10.5 Å². The Balaban J connectivity index is 1.41. The highest BCUT2D eigenvalue weighted by Crippen LogP contribution is 2.38. The highest BCUT2D eigenvalue weighted by Gasteiger charge is 2.47. The fraction of sp³-hybridized carbons (Fsp3) is 0.429. The van der Waals surface area contributed by atoms with Crippen LogP contribution in [0.4, 0.5) is 11.8 Å². The molecular formula is C21H25BrN10O4. The molecule has 1 aliphatic rings. The van der Waals surface area contributed by atoms with E-state index >= 15 is 0 Å². The first kappa shape index (κ1) is 24.5. The van der Waals surface area contributed by atoms with Crippen molar-refractivity contribution in [2.45, 2.75) is 50.5 Å². The normalized spacial score (nSPS) is 22.8. The third-order valence-electron chi connectivity index (χ3n) is 5.92. The fourth-order valence-electron chi connectivity index (χ4n) is 4.04. The summed E-state index contributed by atoms with van der Waals surface area (Å²) in [5.41, 5.74) is 7.74. The van der Waals surface area contributed by atoms with Crippen LogP contribution in [-0.4, -0.2) is 79.9 Å². The predicted molar refractivity (Wildman–Crippen MR) is 130 cm³/mol. The van der Waals surface area contributed by atoms with E-state index in [-0.39, 0.29) is 35.9 Å². The number of tetrazole rings is 1. The molecule has 190 valence electrons. The summed E-state index contributed by atoms with van der Waals surface area (Å²) in [6, 6.07) is 7.38. The zero-order valence-electron chi connectivity index (χ0n) is 19.2. The molecule has 36 heavy (non-hydrogen) atoms. The molecule has 1 saturated heterocycles. The largest absolute Gasteiger partial charge is 0.394 e. The maximum absolute atomic E-state index is 10.8. The first-order valence-corrected chi connectivity index (χ1v) is 12.1. The maximum Gasteiger partial charge on any atom is 0.227 e. The van der Waals surface area contributed by atoms with Crippen LogP contribution in [0, 0.1) is 0 Å². The smallest absolute Gasteiger partial charge is 0.227 e. The SMILES string of the molecule is CCn1nnc([C@H]2O[C@@H](n3cnc4c(N)nc(N[C@H](CO)Cc5ccc(Br)cc5)nc43)[C@H](O)[C@@H]2O)n1. The predicted octanol–water partition coefficient (Wildman–Crippen LogP) is 0.185. The molecule has 0 saturated carbocycles. The number of aliphatic hydroxyl groups excluding tert-OH is 3. The number of nitrogens with two attached hydrogens (primary N) is 1. The van der Waals surface area contributed by atoms with Gasteiger partial charge in [0.05, 0.1) is 25.5 Å². The van der Waals surface area contributed by atoms with E-state index in [1.54, 1.807) is 0 Å². The quantitative estimate of drug-likeness (QED) is 0.196. The van der Waals surface area contributed by atoms with Gasteiger partial charge in [0.2, 0.25) is 11.8 Å². The van der Waals surface area contributed by atoms with Crippen molar-refractivity contribution in [3.8, 4) is 0 Å². The van der Waals surface area contributed by atoms with Gasteiger partial charge < -0.3 is 31.1 Å². The van der Waals surface area contributed by atoms with E-state index in [1.807, 2.05) is 31.2 Å². The standard InChI is InChI=1S/C21H25BrN10O4/c1-2-32-29-18(28-30-32)16-14(34)15(35)20(36-16)31-9-24-13-17(23)26-21(27-19(13)31)25-12(8-33)7-10-3-5-11(22)6-4-10/h3-6,9,12,14-16,20,33-35H,2,7-8H2,1H3,(H3,23,25,26,27)/t12-,14-,15+,16-,20+/m0/s1. The van der Waals surface area contributed by atoms with Crippen LogP contribution in [0.2, 0.25) is 0 Å². The van der Waals surface area contributed by atoms with Gasteiger partial charge in [0, 0.05) is 4.47 Å². The highest BCUT2D eigenvalue weighted by molar-refractivity contribution is 9.10. The molecule has 0 aliphatic carbocycles. The highest BCUT2D eigenvalue weighted by atomic mass is 79.9. The molecule has 1 fully saturated rings. The second-order valence-corrected chi connectivity index (χ2v) is 9.29. The van der Waals surface area contributed by atoms with Gasteiger partial charge in [-0.15, -0.1) is 10.2 Å². The van der Waals surface area contributed by atoms with Crippen molar-refractivity contribution in [1.82, 2.24) is 39.7 Å². The van der Waals surface area contributed by atoms with Gasteiger partial charge in [-0.2, -0.15) is 14.8 Å². The van der Waals surface area contributed by atoms with Crippen LogP contribution >= 0.6 is 15.9 Å². The molecule has 5 rings (SSSR count). The average Bonchev–Trinajstić information content (AvgIpc) is 3.58. The lowest BCUT2D eigenvalue weighted by atomic mass is 10.1. The molecule has 0 unspecified atom stereocenters. The molecule has 0 amide bonds. The van der Waals surface area contributed by atoms with Crippen molar-refractivity contribution < 1.29 is 20.1 Å². The van der Waals surface area contributed by atoms with Gasteiger partial charge in [-0.25, -0.2) is 4.98 Å². The van der Waals surface area contributed by atoms with Gasteiger partial charge in [-0.05, 0) is 36.3 Å². The summed E-state index contributed by atoms with van der Waals surface area (Å²) in [6.45, 7) is 2.18. The third-order valence-corrected chi connectivity index (χ3v) is 6.44. The number of nitrogen functional groups attached to an aromatic ring is 1. The molecule has 1 aromatic carbocycles. The number of hydrogen-bond donors (Lipinski definition) is 5. The average molecular weight is 561 g/mol. The number of nitrogens with one attached hydrogen (secondary N) is 1. The minimum absolute atomic E-state index is 0.110. The van der Waals surface area contributed by atoms with Gasteiger partial charge in [-0.3, -0.25) is 4.57 Å². The van der Waals surface area contributed by atoms with Crippen LogP contribution in [0.3, 0.4) is 0 Å². The van der Waals surface area contributed by atoms with Gasteiger partial charge in [-0.1, -0.05) is 28.1 Å². The van der Waals surface area contributed by atoms with E-state index in [2.05, 4.69) is 51.6 Å². The lowest BCUT2D eigenvalue weighted by molar-refractivity contribution is -0.0384. The van der Waals surface area contributed by atoms with Crippen molar-refractivity contribution in [3.05, 3.63) is 46.5 Å². The molecule has 5 atom stereocenters. The number of nitrogens with zero attached hydrogens (tertiary/aromatic N) is 8. The van der Waals surface area contributed by atoms with Crippen LogP contribution in [0.5, 0.6) is 0 Å². The van der Waals surface area contributed by atoms with Gasteiger partial charge >= 0.3 is 0 Å². The molecule has 0 radical (unpaired) electrons. The zero-order valence-corrected chi connectivity index (χ0v) is 20.8. The minimum atomic E-state index is -1.32. The first-order chi connectivity index (χ1) is 17.4. The number of benzene rings is 1. The Bertz CT molecular complexity index is 1350. The van der Waals surface area contributed by atoms with Gasteiger partial charge in [0.1, 0.15) is 17.7 Å². The molecule has 4 heterocycles. The Hall–Kier alpha value is -3.24. The maximum atomic E-state index is 10.8. The molecule has 15 heteroatoms. The summed E-state index contributed by atoms with van der Waals surface area (Å²) in [7, 11) is 0. The second kappa shape index (κ2) is 10.0. The number of anilines is 2. The van der Waals surface area contributed by atoms with Crippen molar-refractivity contribution in [1.29, 1.82) is 0 Å². The number of aromatic nitrogens is 8. The van der Waals surface area contributed by atoms with Gasteiger partial charge in [0.15, 0.2) is 23.8 Å². The summed E-state index contributed by atoms with van der Waals surface area (Å²) < 4.78 is 8.37. The Labute approximate surface area is 213 Å². The lowest BCUT2D eigenvalue weighted by Crippen LogP contribution is -2.29. The van der Waals surface area contributed by atoms with Crippen LogP contribution < -0.4 is 11.1 Å². The summed E-state index contributed by atoms with van der Waals surface area (Å²) in [5, 5.41) is 46.4. The van der Waals surface area contributed by atoms with E-state index < -0.39 is 24.5 Å². The number of fused-ring (bicyclic) bond motifs is 1. The van der Waals surface area contributed by atoms with Crippen molar-refractivity contribution in [2.75, 3.05) is 17.7 Å². The minimum Gasteiger partial charge on any atom is -0.394 e. The Kier molecular flexibility index (Phi) is 6.81. The number of hydrogen-bond acceptors (Lipinski definition) is 12. The summed E-state index contributed by atoms with van der Waals surface area (Å²) in [4.78, 5) is 14.4. The molecule has 14 nitrogen and oxygen atoms in total. The van der Waals surface area contributed by atoms with Crippen LogP contribution in [0.25, 0.3) is 11.2 Å². The monoisotopic (exact) mass is 560 g/mol. The summed E-state index contributed by atoms with van der Waals surface area (Å²) >= 11 is 3.41. The van der Waals surface area contributed by atoms with Gasteiger partial charge in [0.25, 0.3) is 0 Å². The topological polar surface area (TPSA) is 195 Å².